The van der Waals surface area contributed by atoms with Crippen LogP contribution < -0.4 is 0 Å². The molecule has 0 N–H and O–H groups in total. The Labute approximate surface area is 333 Å². The highest BCUT2D eigenvalue weighted by molar-refractivity contribution is 7.25. The molecule has 0 bridgehead atoms. The molecule has 0 amide bonds. The lowest BCUT2D eigenvalue weighted by atomic mass is 10.0. The molecule has 7 heteroatoms. The summed E-state index contributed by atoms with van der Waals surface area (Å²) in [6.07, 6.45) is 0. The predicted octanol–water partition coefficient (Wildman–Crippen LogP) is 13.7. The van der Waals surface area contributed by atoms with Crippen molar-refractivity contribution in [3.05, 3.63) is 164 Å². The first kappa shape index (κ1) is 30.6. The SMILES string of the molecule is c1ccc(-c2nc(-c3cccc(-n4c5ccc6oc7ccc8c9ccccc9n9c%10cccc4c%10c5c6c7c89)c3)nc(-c3ccc4sc5ccccc5c4c3)n2)cc1. The number of aromatic nitrogens is 5. The van der Waals surface area contributed by atoms with E-state index in [-0.39, 0.29) is 0 Å². The van der Waals surface area contributed by atoms with E-state index in [2.05, 4.69) is 155 Å². The minimum atomic E-state index is 0.623. The summed E-state index contributed by atoms with van der Waals surface area (Å²) in [7, 11) is 0. The Bertz CT molecular complexity index is 3980. The molecular weight excluding hydrogens is 731 g/mol. The second-order valence-corrected chi connectivity index (χ2v) is 16.2. The number of hydrogen-bond acceptors (Lipinski definition) is 5. The monoisotopic (exact) mass is 757 g/mol. The van der Waals surface area contributed by atoms with E-state index in [1.165, 1.54) is 58.3 Å². The fraction of sp³-hybridized carbons (Fsp3) is 0. The van der Waals surface area contributed by atoms with Crippen LogP contribution in [0.4, 0.5) is 0 Å². The third-order valence-electron chi connectivity index (χ3n) is 12.1. The second kappa shape index (κ2) is 11.0. The predicted molar refractivity (Wildman–Crippen MR) is 239 cm³/mol. The Balaban J connectivity index is 1.03. The Hall–Kier alpha value is -7.61. The Morgan fingerprint density at radius 1 is 0.397 bits per heavy atom. The number of rotatable bonds is 4. The van der Waals surface area contributed by atoms with Crippen molar-refractivity contribution in [2.24, 2.45) is 0 Å². The maximum absolute atomic E-state index is 6.62. The number of fused-ring (bicyclic) bond motifs is 7. The quantitative estimate of drug-likeness (QED) is 0.179. The van der Waals surface area contributed by atoms with Crippen molar-refractivity contribution in [3.8, 4) is 39.9 Å². The number of hydrogen-bond donors (Lipinski definition) is 0. The van der Waals surface area contributed by atoms with Gasteiger partial charge in [0.2, 0.25) is 0 Å². The van der Waals surface area contributed by atoms with Gasteiger partial charge in [0.25, 0.3) is 0 Å². The van der Waals surface area contributed by atoms with E-state index in [0.717, 1.165) is 55.3 Å². The highest BCUT2D eigenvalue weighted by Crippen LogP contribution is 2.48. The van der Waals surface area contributed by atoms with Gasteiger partial charge in [-0.1, -0.05) is 84.9 Å². The van der Waals surface area contributed by atoms with E-state index in [1.807, 2.05) is 29.5 Å². The maximum Gasteiger partial charge on any atom is 0.164 e. The van der Waals surface area contributed by atoms with Crippen molar-refractivity contribution >= 4 is 103 Å². The van der Waals surface area contributed by atoms with Crippen LogP contribution in [-0.2, 0) is 0 Å². The van der Waals surface area contributed by atoms with Crippen LogP contribution in [0.3, 0.4) is 0 Å². The molecule has 0 unspecified atom stereocenters. The van der Waals surface area contributed by atoms with Crippen LogP contribution in [0.1, 0.15) is 0 Å². The molecule has 6 heterocycles. The van der Waals surface area contributed by atoms with E-state index >= 15 is 0 Å². The molecule has 6 aromatic heterocycles. The summed E-state index contributed by atoms with van der Waals surface area (Å²) < 4.78 is 14.0. The molecule has 8 aromatic carbocycles. The summed E-state index contributed by atoms with van der Waals surface area (Å²) in [5.74, 6) is 1.91. The van der Waals surface area contributed by atoms with Gasteiger partial charge in [-0.2, -0.15) is 0 Å². The van der Waals surface area contributed by atoms with Crippen molar-refractivity contribution in [1.82, 2.24) is 23.9 Å². The number of nitrogens with zero attached hydrogens (tertiary/aromatic N) is 5. The molecule has 0 saturated heterocycles. The van der Waals surface area contributed by atoms with E-state index in [4.69, 9.17) is 19.4 Å². The first-order valence-corrected chi connectivity index (χ1v) is 20.3. The van der Waals surface area contributed by atoms with E-state index in [0.29, 0.717) is 17.5 Å². The van der Waals surface area contributed by atoms with Crippen molar-refractivity contribution < 1.29 is 4.42 Å². The molecule has 0 radical (unpaired) electrons. The van der Waals surface area contributed by atoms with Crippen LogP contribution in [0.15, 0.2) is 168 Å². The largest absolute Gasteiger partial charge is 0.456 e. The summed E-state index contributed by atoms with van der Waals surface area (Å²) in [5.41, 5.74) is 11.5. The van der Waals surface area contributed by atoms with Gasteiger partial charge in [0, 0.05) is 69.5 Å². The highest BCUT2D eigenvalue weighted by Gasteiger charge is 2.26. The molecule has 0 aliphatic heterocycles. The molecule has 0 atom stereocenters. The van der Waals surface area contributed by atoms with Gasteiger partial charge in [0.05, 0.1) is 33.0 Å². The summed E-state index contributed by atoms with van der Waals surface area (Å²) in [4.78, 5) is 15.4. The third-order valence-corrected chi connectivity index (χ3v) is 13.2. The van der Waals surface area contributed by atoms with Gasteiger partial charge < -0.3 is 13.4 Å². The molecule has 14 rings (SSSR count). The lowest BCUT2D eigenvalue weighted by Crippen LogP contribution is -2.01. The molecule has 58 heavy (non-hydrogen) atoms. The summed E-state index contributed by atoms with van der Waals surface area (Å²) >= 11 is 1.81. The zero-order valence-corrected chi connectivity index (χ0v) is 31.5. The van der Waals surface area contributed by atoms with Gasteiger partial charge in [-0.3, -0.25) is 0 Å². The van der Waals surface area contributed by atoms with E-state index in [1.54, 1.807) is 0 Å². The van der Waals surface area contributed by atoms with Crippen LogP contribution in [0.5, 0.6) is 0 Å². The molecule has 0 spiro atoms. The molecular formula is C51H27N5OS. The van der Waals surface area contributed by atoms with Crippen molar-refractivity contribution in [1.29, 1.82) is 0 Å². The Morgan fingerprint density at radius 2 is 1.05 bits per heavy atom. The van der Waals surface area contributed by atoms with Gasteiger partial charge in [0.15, 0.2) is 17.5 Å². The number of para-hydroxylation sites is 1. The van der Waals surface area contributed by atoms with Gasteiger partial charge in [0.1, 0.15) is 11.2 Å². The third kappa shape index (κ3) is 3.97. The van der Waals surface area contributed by atoms with Gasteiger partial charge in [-0.05, 0) is 78.9 Å². The molecule has 268 valence electrons. The summed E-state index contributed by atoms with van der Waals surface area (Å²) in [6, 6.07) is 58.1. The lowest BCUT2D eigenvalue weighted by molar-refractivity contribution is 0.669. The van der Waals surface area contributed by atoms with Gasteiger partial charge in [-0.15, -0.1) is 11.3 Å². The number of benzene rings is 8. The van der Waals surface area contributed by atoms with E-state index < -0.39 is 0 Å². The summed E-state index contributed by atoms with van der Waals surface area (Å²) in [6.45, 7) is 0. The summed E-state index contributed by atoms with van der Waals surface area (Å²) in [5, 5.41) is 9.68. The standard InChI is InChI=1S/C51H27N5OS/c1-2-10-28(11-3-1)49-52-50(54-51(53-49)30-20-25-43-35(27-30)33-15-5-7-19-42(33)58-43)29-12-8-13-31(26-29)55-37-17-9-18-38-44(37)45-39(55)22-24-40-46(45)47-41(57-40)23-21-34-32-14-4-6-16-36(32)56(38)48(34)47/h1-27H. The first-order chi connectivity index (χ1) is 28.7. The van der Waals surface area contributed by atoms with Crippen molar-refractivity contribution in [2.45, 2.75) is 0 Å². The fourth-order valence-electron chi connectivity index (χ4n) is 9.64. The molecule has 6 nitrogen and oxygen atoms in total. The fourth-order valence-corrected chi connectivity index (χ4v) is 10.7. The lowest BCUT2D eigenvalue weighted by Gasteiger charge is -2.12. The van der Waals surface area contributed by atoms with Gasteiger partial charge in [-0.25, -0.2) is 15.0 Å². The van der Waals surface area contributed by atoms with Crippen LogP contribution in [-0.4, -0.2) is 23.9 Å². The van der Waals surface area contributed by atoms with E-state index in [9.17, 15) is 0 Å². The number of thiophene rings is 1. The maximum atomic E-state index is 6.62. The zero-order chi connectivity index (χ0) is 37.6. The van der Waals surface area contributed by atoms with Crippen molar-refractivity contribution in [2.75, 3.05) is 0 Å². The highest BCUT2D eigenvalue weighted by atomic mass is 32.1. The second-order valence-electron chi connectivity index (χ2n) is 15.2. The first-order valence-electron chi connectivity index (χ1n) is 19.4. The Morgan fingerprint density at radius 3 is 1.95 bits per heavy atom. The minimum Gasteiger partial charge on any atom is -0.456 e. The Kier molecular flexibility index (Phi) is 5.82. The van der Waals surface area contributed by atoms with Crippen LogP contribution >= 0.6 is 11.3 Å². The molecule has 0 aliphatic rings. The van der Waals surface area contributed by atoms with Crippen molar-refractivity contribution in [3.63, 3.8) is 0 Å². The molecule has 0 saturated carbocycles. The average molecular weight is 758 g/mol. The topological polar surface area (TPSA) is 61.2 Å². The normalized spacial score (nSPS) is 12.5. The smallest absolute Gasteiger partial charge is 0.164 e. The van der Waals surface area contributed by atoms with Gasteiger partial charge >= 0.3 is 0 Å². The molecule has 0 fully saturated rings. The average Bonchev–Trinajstić information content (AvgIpc) is 4.01. The van der Waals surface area contributed by atoms with Crippen LogP contribution in [0.25, 0.3) is 131 Å². The zero-order valence-electron chi connectivity index (χ0n) is 30.6. The number of furan rings is 1. The molecule has 0 aliphatic carbocycles. The van der Waals surface area contributed by atoms with Crippen LogP contribution in [0.2, 0.25) is 0 Å². The minimum absolute atomic E-state index is 0.623. The molecule has 14 aromatic rings. The van der Waals surface area contributed by atoms with Crippen LogP contribution in [0, 0.1) is 0 Å².